The molecule has 0 radical (unpaired) electrons. The largest absolute Gasteiger partial charge is 0.319 e. The van der Waals surface area contributed by atoms with Crippen molar-refractivity contribution in [2.45, 2.75) is 6.42 Å². The SMILES string of the molecule is CNCCc1cccnc1C=O. The van der Waals surface area contributed by atoms with E-state index in [1.54, 1.807) is 6.20 Å². The fraction of sp³-hybridized carbons (Fsp3) is 0.333. The van der Waals surface area contributed by atoms with E-state index in [0.717, 1.165) is 24.8 Å². The van der Waals surface area contributed by atoms with Crippen LogP contribution < -0.4 is 5.32 Å². The van der Waals surface area contributed by atoms with Gasteiger partial charge in [-0.1, -0.05) is 6.07 Å². The van der Waals surface area contributed by atoms with E-state index in [0.29, 0.717) is 5.69 Å². The lowest BCUT2D eigenvalue weighted by molar-refractivity contribution is 0.111. The maximum atomic E-state index is 10.5. The Kier molecular flexibility index (Phi) is 3.41. The maximum absolute atomic E-state index is 10.5. The number of nitrogens with zero attached hydrogens (tertiary/aromatic N) is 1. The highest BCUT2D eigenvalue weighted by Crippen LogP contribution is 2.02. The molecular formula is C9H12N2O. The Morgan fingerprint density at radius 3 is 3.17 bits per heavy atom. The second-order valence-electron chi connectivity index (χ2n) is 2.52. The van der Waals surface area contributed by atoms with E-state index in [1.807, 2.05) is 19.2 Å². The molecule has 0 aliphatic carbocycles. The Hall–Kier alpha value is -1.22. The van der Waals surface area contributed by atoms with Crippen molar-refractivity contribution in [3.8, 4) is 0 Å². The molecule has 0 aliphatic heterocycles. The highest BCUT2D eigenvalue weighted by atomic mass is 16.1. The number of pyridine rings is 1. The van der Waals surface area contributed by atoms with E-state index in [9.17, 15) is 4.79 Å². The molecule has 64 valence electrons. The van der Waals surface area contributed by atoms with Crippen molar-refractivity contribution in [2.24, 2.45) is 0 Å². The smallest absolute Gasteiger partial charge is 0.168 e. The van der Waals surface area contributed by atoms with Crippen molar-refractivity contribution in [3.63, 3.8) is 0 Å². The van der Waals surface area contributed by atoms with Crippen molar-refractivity contribution in [1.82, 2.24) is 10.3 Å². The first-order chi connectivity index (χ1) is 5.88. The summed E-state index contributed by atoms with van der Waals surface area (Å²) in [6.07, 6.45) is 3.27. The average Bonchev–Trinajstić information content (AvgIpc) is 2.15. The van der Waals surface area contributed by atoms with Crippen molar-refractivity contribution >= 4 is 6.29 Å². The van der Waals surface area contributed by atoms with Crippen molar-refractivity contribution in [2.75, 3.05) is 13.6 Å². The third kappa shape index (κ3) is 2.13. The van der Waals surface area contributed by atoms with Crippen LogP contribution >= 0.6 is 0 Å². The summed E-state index contributed by atoms with van der Waals surface area (Å²) in [7, 11) is 1.89. The molecular weight excluding hydrogens is 152 g/mol. The summed E-state index contributed by atoms with van der Waals surface area (Å²) in [5.41, 5.74) is 1.55. The Balaban J connectivity index is 2.75. The fourth-order valence-electron chi connectivity index (χ4n) is 1.03. The van der Waals surface area contributed by atoms with E-state index in [1.165, 1.54) is 0 Å². The van der Waals surface area contributed by atoms with Gasteiger partial charge in [0.15, 0.2) is 6.29 Å². The van der Waals surface area contributed by atoms with E-state index in [4.69, 9.17) is 0 Å². The minimum absolute atomic E-state index is 0.549. The van der Waals surface area contributed by atoms with Gasteiger partial charge in [-0.3, -0.25) is 9.78 Å². The minimum Gasteiger partial charge on any atom is -0.319 e. The van der Waals surface area contributed by atoms with Crippen LogP contribution in [0.3, 0.4) is 0 Å². The van der Waals surface area contributed by atoms with Crippen LogP contribution in [-0.4, -0.2) is 24.9 Å². The first-order valence-corrected chi connectivity index (χ1v) is 3.92. The average molecular weight is 164 g/mol. The van der Waals surface area contributed by atoms with Gasteiger partial charge >= 0.3 is 0 Å². The summed E-state index contributed by atoms with van der Waals surface area (Å²) in [4.78, 5) is 14.5. The van der Waals surface area contributed by atoms with Gasteiger partial charge in [-0.25, -0.2) is 0 Å². The van der Waals surface area contributed by atoms with Gasteiger partial charge in [0.2, 0.25) is 0 Å². The van der Waals surface area contributed by atoms with Gasteiger partial charge in [-0.05, 0) is 31.6 Å². The molecule has 0 atom stereocenters. The van der Waals surface area contributed by atoms with E-state index in [-0.39, 0.29) is 0 Å². The number of aldehydes is 1. The molecule has 0 unspecified atom stereocenters. The van der Waals surface area contributed by atoms with Crippen LogP contribution in [-0.2, 0) is 6.42 Å². The number of hydrogen-bond donors (Lipinski definition) is 1. The normalized spacial score (nSPS) is 9.75. The fourth-order valence-corrected chi connectivity index (χ4v) is 1.03. The number of likely N-dealkylation sites (N-methyl/N-ethyl adjacent to an activating group) is 1. The molecule has 1 aromatic heterocycles. The molecule has 3 nitrogen and oxygen atoms in total. The lowest BCUT2D eigenvalue weighted by atomic mass is 10.1. The van der Waals surface area contributed by atoms with Crippen LogP contribution in [0.1, 0.15) is 16.1 Å². The number of carbonyl (C=O) groups is 1. The molecule has 0 bridgehead atoms. The topological polar surface area (TPSA) is 42.0 Å². The van der Waals surface area contributed by atoms with Crippen LogP contribution in [0, 0.1) is 0 Å². The summed E-state index contributed by atoms with van der Waals surface area (Å²) < 4.78 is 0. The second kappa shape index (κ2) is 4.62. The molecule has 1 aromatic rings. The standard InChI is InChI=1S/C9H12N2O/c1-10-6-4-8-3-2-5-11-9(8)7-12/h2-3,5,7,10H,4,6H2,1H3. The van der Waals surface area contributed by atoms with Gasteiger partial charge < -0.3 is 5.32 Å². The van der Waals surface area contributed by atoms with Crippen LogP contribution in [0.15, 0.2) is 18.3 Å². The molecule has 1 N–H and O–H groups in total. The van der Waals surface area contributed by atoms with E-state index >= 15 is 0 Å². The summed E-state index contributed by atoms with van der Waals surface area (Å²) in [6.45, 7) is 0.868. The van der Waals surface area contributed by atoms with Gasteiger partial charge in [0.1, 0.15) is 5.69 Å². The molecule has 0 amide bonds. The van der Waals surface area contributed by atoms with Crippen LogP contribution in [0.4, 0.5) is 0 Å². The van der Waals surface area contributed by atoms with Gasteiger partial charge in [0, 0.05) is 6.20 Å². The molecule has 3 heteroatoms. The second-order valence-corrected chi connectivity index (χ2v) is 2.52. The number of nitrogens with one attached hydrogen (secondary N) is 1. The predicted molar refractivity (Wildman–Crippen MR) is 47.3 cm³/mol. The number of aromatic nitrogens is 1. The Morgan fingerprint density at radius 2 is 2.50 bits per heavy atom. The number of hydrogen-bond acceptors (Lipinski definition) is 3. The highest BCUT2D eigenvalue weighted by molar-refractivity contribution is 5.73. The molecule has 12 heavy (non-hydrogen) atoms. The zero-order chi connectivity index (χ0) is 8.81. The van der Waals surface area contributed by atoms with Crippen molar-refractivity contribution in [1.29, 1.82) is 0 Å². The van der Waals surface area contributed by atoms with E-state index < -0.39 is 0 Å². The Bertz CT molecular complexity index is 260. The van der Waals surface area contributed by atoms with Gasteiger partial charge in [-0.15, -0.1) is 0 Å². The molecule has 0 saturated carbocycles. The van der Waals surface area contributed by atoms with Gasteiger partial charge in [-0.2, -0.15) is 0 Å². The molecule has 0 aromatic carbocycles. The molecule has 0 spiro atoms. The van der Waals surface area contributed by atoms with Gasteiger partial charge in [0.25, 0.3) is 0 Å². The first-order valence-electron chi connectivity index (χ1n) is 3.92. The predicted octanol–water partition coefficient (Wildman–Crippen LogP) is 0.656. The summed E-state index contributed by atoms with van der Waals surface area (Å²) in [5.74, 6) is 0. The molecule has 0 aliphatic rings. The quantitative estimate of drug-likeness (QED) is 0.664. The van der Waals surface area contributed by atoms with Crippen LogP contribution in [0.2, 0.25) is 0 Å². The third-order valence-corrected chi connectivity index (χ3v) is 1.68. The molecule has 0 saturated heterocycles. The number of carbonyl (C=O) groups excluding carboxylic acids is 1. The van der Waals surface area contributed by atoms with Crippen molar-refractivity contribution in [3.05, 3.63) is 29.6 Å². The lowest BCUT2D eigenvalue weighted by Crippen LogP contribution is -2.11. The van der Waals surface area contributed by atoms with Crippen LogP contribution in [0.25, 0.3) is 0 Å². The third-order valence-electron chi connectivity index (χ3n) is 1.68. The lowest BCUT2D eigenvalue weighted by Gasteiger charge is -2.01. The molecule has 1 rings (SSSR count). The molecule has 1 heterocycles. The first kappa shape index (κ1) is 8.87. The maximum Gasteiger partial charge on any atom is 0.168 e. The van der Waals surface area contributed by atoms with Crippen LogP contribution in [0.5, 0.6) is 0 Å². The Labute approximate surface area is 71.8 Å². The monoisotopic (exact) mass is 164 g/mol. The zero-order valence-electron chi connectivity index (χ0n) is 7.08. The summed E-state index contributed by atoms with van der Waals surface area (Å²) in [5, 5.41) is 3.02. The van der Waals surface area contributed by atoms with E-state index in [2.05, 4.69) is 10.3 Å². The Morgan fingerprint density at radius 1 is 1.67 bits per heavy atom. The van der Waals surface area contributed by atoms with Crippen molar-refractivity contribution < 1.29 is 4.79 Å². The van der Waals surface area contributed by atoms with Gasteiger partial charge in [0.05, 0.1) is 0 Å². The summed E-state index contributed by atoms with van der Waals surface area (Å²) in [6, 6.07) is 3.77. The summed E-state index contributed by atoms with van der Waals surface area (Å²) >= 11 is 0. The minimum atomic E-state index is 0.549. The zero-order valence-corrected chi connectivity index (χ0v) is 7.08. The molecule has 0 fully saturated rings. The highest BCUT2D eigenvalue weighted by Gasteiger charge is 1.99. The number of rotatable bonds is 4.